The van der Waals surface area contributed by atoms with Crippen LogP contribution in [0.4, 0.5) is 18.9 Å². The van der Waals surface area contributed by atoms with Gasteiger partial charge in [0, 0.05) is 19.8 Å². The second kappa shape index (κ2) is 6.39. The lowest BCUT2D eigenvalue weighted by Crippen LogP contribution is -2.13. The zero-order chi connectivity index (χ0) is 16.3. The summed E-state index contributed by atoms with van der Waals surface area (Å²) in [4.78, 5) is 1.92. The van der Waals surface area contributed by atoms with Crippen LogP contribution in [0.1, 0.15) is 11.4 Å². The maximum Gasteiger partial charge on any atom is 0.453 e. The van der Waals surface area contributed by atoms with Crippen molar-refractivity contribution in [3.8, 4) is 0 Å². The molecule has 0 amide bonds. The highest BCUT2D eigenvalue weighted by atomic mass is 32.2. The van der Waals surface area contributed by atoms with Crippen molar-refractivity contribution in [1.82, 2.24) is 14.9 Å². The average molecular weight is 329 g/mol. The molecular formula is C13H14F3N5S. The summed E-state index contributed by atoms with van der Waals surface area (Å²) in [7, 11) is 3.81. The molecule has 118 valence electrons. The van der Waals surface area contributed by atoms with Crippen LogP contribution in [0.2, 0.25) is 0 Å². The van der Waals surface area contributed by atoms with Crippen molar-refractivity contribution in [2.24, 2.45) is 5.10 Å². The lowest BCUT2D eigenvalue weighted by molar-refractivity contribution is -0.147. The van der Waals surface area contributed by atoms with E-state index in [1.807, 2.05) is 31.1 Å². The maximum absolute atomic E-state index is 12.9. The van der Waals surface area contributed by atoms with E-state index in [-0.39, 0.29) is 5.16 Å². The van der Waals surface area contributed by atoms with Crippen LogP contribution in [0.3, 0.4) is 0 Å². The fourth-order valence-corrected chi connectivity index (χ4v) is 2.09. The molecule has 22 heavy (non-hydrogen) atoms. The van der Waals surface area contributed by atoms with Gasteiger partial charge in [0.1, 0.15) is 0 Å². The molecule has 2 rings (SSSR count). The van der Waals surface area contributed by atoms with Gasteiger partial charge in [0.05, 0.1) is 6.21 Å². The van der Waals surface area contributed by atoms with Gasteiger partial charge in [-0.15, -0.1) is 10.2 Å². The van der Waals surface area contributed by atoms with Gasteiger partial charge in [-0.2, -0.15) is 22.9 Å². The quantitative estimate of drug-likeness (QED) is 0.639. The van der Waals surface area contributed by atoms with E-state index >= 15 is 0 Å². The van der Waals surface area contributed by atoms with Crippen molar-refractivity contribution >= 4 is 23.7 Å². The van der Waals surface area contributed by atoms with E-state index < -0.39 is 12.0 Å². The summed E-state index contributed by atoms with van der Waals surface area (Å²) in [5.74, 6) is -1.14. The highest BCUT2D eigenvalue weighted by molar-refractivity contribution is 7.98. The summed E-state index contributed by atoms with van der Waals surface area (Å²) in [5.41, 5.74) is 1.67. The zero-order valence-corrected chi connectivity index (χ0v) is 13.0. The predicted molar refractivity (Wildman–Crippen MR) is 80.6 cm³/mol. The normalized spacial score (nSPS) is 12.1. The molecule has 1 aromatic heterocycles. The van der Waals surface area contributed by atoms with Crippen molar-refractivity contribution < 1.29 is 13.2 Å². The first kappa shape index (κ1) is 16.3. The van der Waals surface area contributed by atoms with Gasteiger partial charge in [0.15, 0.2) is 0 Å². The minimum atomic E-state index is -4.60. The van der Waals surface area contributed by atoms with Crippen molar-refractivity contribution in [2.45, 2.75) is 11.3 Å². The number of alkyl halides is 3. The summed E-state index contributed by atoms with van der Waals surface area (Å²) in [6.07, 6.45) is -1.65. The number of hydrogen-bond donors (Lipinski definition) is 0. The van der Waals surface area contributed by atoms with Crippen molar-refractivity contribution in [2.75, 3.05) is 25.3 Å². The number of anilines is 1. The summed E-state index contributed by atoms with van der Waals surface area (Å²) in [6.45, 7) is 0. The number of halogens is 3. The van der Waals surface area contributed by atoms with Crippen LogP contribution in [0, 0.1) is 0 Å². The van der Waals surface area contributed by atoms with E-state index in [2.05, 4.69) is 15.3 Å². The number of aromatic nitrogens is 3. The van der Waals surface area contributed by atoms with E-state index in [4.69, 9.17) is 0 Å². The lowest BCUT2D eigenvalue weighted by Gasteiger charge is -2.11. The molecule has 1 aromatic carbocycles. The number of nitrogens with zero attached hydrogens (tertiary/aromatic N) is 5. The Morgan fingerprint density at radius 3 is 2.32 bits per heavy atom. The zero-order valence-electron chi connectivity index (χ0n) is 12.2. The number of hydrogen-bond acceptors (Lipinski definition) is 5. The van der Waals surface area contributed by atoms with Gasteiger partial charge in [-0.3, -0.25) is 0 Å². The van der Waals surface area contributed by atoms with Crippen LogP contribution >= 0.6 is 11.8 Å². The summed E-state index contributed by atoms with van der Waals surface area (Å²) in [6, 6.07) is 7.26. The molecule has 0 fully saturated rings. The van der Waals surface area contributed by atoms with Crippen molar-refractivity contribution in [3.63, 3.8) is 0 Å². The number of rotatable bonds is 4. The van der Waals surface area contributed by atoms with Crippen LogP contribution in [-0.2, 0) is 6.18 Å². The van der Waals surface area contributed by atoms with E-state index in [1.54, 1.807) is 18.4 Å². The monoisotopic (exact) mass is 329 g/mol. The second-order valence-corrected chi connectivity index (χ2v) is 5.32. The summed E-state index contributed by atoms with van der Waals surface area (Å²) < 4.78 is 39.3. The molecule has 0 atom stereocenters. The molecule has 0 aliphatic rings. The SMILES string of the molecule is CSc1nnc(C(F)(F)F)n1/N=C/c1ccc(N(C)C)cc1. The molecule has 0 aliphatic heterocycles. The smallest absolute Gasteiger partial charge is 0.378 e. The third-order valence-electron chi connectivity index (χ3n) is 2.78. The third-order valence-corrected chi connectivity index (χ3v) is 3.40. The average Bonchev–Trinajstić information content (AvgIpc) is 2.88. The summed E-state index contributed by atoms with van der Waals surface area (Å²) >= 11 is 1.04. The Morgan fingerprint density at radius 2 is 1.82 bits per heavy atom. The molecule has 0 bridgehead atoms. The Labute approximate surface area is 129 Å². The Bertz CT molecular complexity index is 661. The molecule has 0 saturated heterocycles. The molecule has 0 spiro atoms. The molecule has 0 aliphatic carbocycles. The van der Waals surface area contributed by atoms with Crippen molar-refractivity contribution in [1.29, 1.82) is 0 Å². The van der Waals surface area contributed by atoms with Gasteiger partial charge in [-0.05, 0) is 24.0 Å². The van der Waals surface area contributed by atoms with E-state index in [0.29, 0.717) is 10.2 Å². The molecule has 0 unspecified atom stereocenters. The van der Waals surface area contributed by atoms with Gasteiger partial charge in [0.2, 0.25) is 5.16 Å². The molecule has 2 aromatic rings. The first-order valence-corrected chi connectivity index (χ1v) is 7.43. The van der Waals surface area contributed by atoms with E-state index in [9.17, 15) is 13.2 Å². The van der Waals surface area contributed by atoms with Gasteiger partial charge in [-0.1, -0.05) is 23.9 Å². The van der Waals surface area contributed by atoms with E-state index in [0.717, 1.165) is 17.4 Å². The first-order valence-electron chi connectivity index (χ1n) is 6.21. The number of thioether (sulfide) groups is 1. The van der Waals surface area contributed by atoms with Crippen LogP contribution in [-0.4, -0.2) is 41.4 Å². The Morgan fingerprint density at radius 1 is 1.18 bits per heavy atom. The first-order chi connectivity index (χ1) is 10.3. The largest absolute Gasteiger partial charge is 0.453 e. The number of benzene rings is 1. The fourth-order valence-electron chi connectivity index (χ4n) is 1.66. The summed E-state index contributed by atoms with van der Waals surface area (Å²) in [5, 5.41) is 10.6. The third kappa shape index (κ3) is 3.59. The molecule has 0 saturated carbocycles. The van der Waals surface area contributed by atoms with Crippen LogP contribution < -0.4 is 4.90 Å². The Kier molecular flexibility index (Phi) is 4.74. The van der Waals surface area contributed by atoms with Crippen LogP contribution in [0.15, 0.2) is 34.5 Å². The standard InChI is InChI=1S/C13H14F3N5S/c1-20(2)10-6-4-9(5-7-10)8-17-21-11(13(14,15)16)18-19-12(21)22-3/h4-8H,1-3H3/b17-8+. The fraction of sp³-hybridized carbons (Fsp3) is 0.308. The van der Waals surface area contributed by atoms with Gasteiger partial charge in [-0.25, -0.2) is 0 Å². The minimum absolute atomic E-state index is 0.0773. The van der Waals surface area contributed by atoms with Crippen LogP contribution in [0.25, 0.3) is 0 Å². The topological polar surface area (TPSA) is 46.3 Å². The molecule has 0 N–H and O–H groups in total. The highest BCUT2D eigenvalue weighted by Gasteiger charge is 2.38. The van der Waals surface area contributed by atoms with Crippen molar-refractivity contribution in [3.05, 3.63) is 35.7 Å². The molecule has 9 heteroatoms. The van der Waals surface area contributed by atoms with Crippen LogP contribution in [0.5, 0.6) is 0 Å². The predicted octanol–water partition coefficient (Wildman–Crippen LogP) is 2.97. The van der Waals surface area contributed by atoms with Gasteiger partial charge in [0.25, 0.3) is 5.82 Å². The highest BCUT2D eigenvalue weighted by Crippen LogP contribution is 2.29. The van der Waals surface area contributed by atoms with Gasteiger partial charge < -0.3 is 4.90 Å². The molecule has 1 heterocycles. The minimum Gasteiger partial charge on any atom is -0.378 e. The lowest BCUT2D eigenvalue weighted by atomic mass is 10.2. The second-order valence-electron chi connectivity index (χ2n) is 4.55. The van der Waals surface area contributed by atoms with E-state index in [1.165, 1.54) is 6.21 Å². The maximum atomic E-state index is 12.9. The molecule has 0 radical (unpaired) electrons. The molecule has 5 nitrogen and oxygen atoms in total. The Balaban J connectivity index is 2.31. The Hall–Kier alpha value is -2.03. The molecular weight excluding hydrogens is 315 g/mol. The van der Waals surface area contributed by atoms with Gasteiger partial charge >= 0.3 is 6.18 Å².